The summed E-state index contributed by atoms with van der Waals surface area (Å²) in [4.78, 5) is 0. The highest BCUT2D eigenvalue weighted by molar-refractivity contribution is 9.10. The minimum Gasteiger partial charge on any atom is -0.493 e. The average Bonchev–Trinajstić information content (AvgIpc) is 2.78. The van der Waals surface area contributed by atoms with Crippen LogP contribution in [0.25, 0.3) is 0 Å². The quantitative estimate of drug-likeness (QED) is 0.908. The van der Waals surface area contributed by atoms with E-state index in [1.807, 2.05) is 25.2 Å². The van der Waals surface area contributed by atoms with E-state index in [1.165, 1.54) is 0 Å². The van der Waals surface area contributed by atoms with Gasteiger partial charge in [0.25, 0.3) is 0 Å². The molecule has 0 saturated heterocycles. The first-order chi connectivity index (χ1) is 9.56. The van der Waals surface area contributed by atoms with Crippen LogP contribution in [0.15, 0.2) is 28.9 Å². The molecule has 1 atom stereocenters. The maximum atomic E-state index is 6.27. The van der Waals surface area contributed by atoms with Crippen LogP contribution in [0.3, 0.4) is 0 Å². The van der Waals surface area contributed by atoms with E-state index in [0.29, 0.717) is 17.9 Å². The fraction of sp³-hybridized carbons (Fsp3) is 0.357. The van der Waals surface area contributed by atoms with Crippen LogP contribution in [-0.4, -0.2) is 24.0 Å². The molecule has 2 N–H and O–H groups in total. The number of methoxy groups -OCH3 is 2. The van der Waals surface area contributed by atoms with E-state index in [4.69, 9.17) is 15.2 Å². The molecule has 0 fully saturated rings. The minimum absolute atomic E-state index is 0.144. The summed E-state index contributed by atoms with van der Waals surface area (Å²) in [5, 5.41) is 4.19. The van der Waals surface area contributed by atoms with Crippen molar-refractivity contribution in [3.8, 4) is 11.5 Å². The number of aromatic nitrogens is 2. The molecule has 0 aliphatic heterocycles. The van der Waals surface area contributed by atoms with Crippen molar-refractivity contribution in [2.45, 2.75) is 12.5 Å². The number of hydrogen-bond acceptors (Lipinski definition) is 4. The van der Waals surface area contributed by atoms with E-state index >= 15 is 0 Å². The van der Waals surface area contributed by atoms with Crippen molar-refractivity contribution in [1.82, 2.24) is 9.78 Å². The topological polar surface area (TPSA) is 62.3 Å². The van der Waals surface area contributed by atoms with E-state index in [-0.39, 0.29) is 6.04 Å². The zero-order valence-corrected chi connectivity index (χ0v) is 13.3. The van der Waals surface area contributed by atoms with Crippen LogP contribution in [0.5, 0.6) is 11.5 Å². The van der Waals surface area contributed by atoms with Crippen LogP contribution in [0, 0.1) is 0 Å². The molecule has 0 amide bonds. The molecule has 108 valence electrons. The van der Waals surface area contributed by atoms with Crippen molar-refractivity contribution in [1.29, 1.82) is 0 Å². The highest BCUT2D eigenvalue weighted by atomic mass is 79.9. The third-order valence-corrected chi connectivity index (χ3v) is 3.80. The maximum absolute atomic E-state index is 6.27. The molecule has 20 heavy (non-hydrogen) atoms. The van der Waals surface area contributed by atoms with Gasteiger partial charge in [-0.1, -0.05) is 6.07 Å². The number of nitrogens with two attached hydrogens (primary N) is 1. The molecule has 2 aromatic rings. The Kier molecular flexibility index (Phi) is 4.67. The Morgan fingerprint density at radius 1 is 1.30 bits per heavy atom. The van der Waals surface area contributed by atoms with Gasteiger partial charge in [0.1, 0.15) is 0 Å². The predicted molar refractivity (Wildman–Crippen MR) is 81.1 cm³/mol. The van der Waals surface area contributed by atoms with Crippen LogP contribution in [0.1, 0.15) is 17.3 Å². The number of ether oxygens (including phenoxy) is 2. The molecule has 2 rings (SSSR count). The van der Waals surface area contributed by atoms with Gasteiger partial charge < -0.3 is 15.2 Å². The van der Waals surface area contributed by atoms with E-state index in [2.05, 4.69) is 21.0 Å². The van der Waals surface area contributed by atoms with Crippen molar-refractivity contribution in [3.63, 3.8) is 0 Å². The second-order valence-electron chi connectivity index (χ2n) is 4.50. The zero-order valence-electron chi connectivity index (χ0n) is 11.8. The summed E-state index contributed by atoms with van der Waals surface area (Å²) in [5.74, 6) is 1.42. The van der Waals surface area contributed by atoms with Gasteiger partial charge in [0, 0.05) is 7.05 Å². The van der Waals surface area contributed by atoms with Crippen molar-refractivity contribution in [2.75, 3.05) is 14.2 Å². The number of hydrogen-bond donors (Lipinski definition) is 1. The lowest BCUT2D eigenvalue weighted by atomic mass is 10.0. The molecular weight excluding hydrogens is 322 g/mol. The Balaban J connectivity index is 2.22. The lowest BCUT2D eigenvalue weighted by Crippen LogP contribution is -2.17. The summed E-state index contributed by atoms with van der Waals surface area (Å²) in [6.45, 7) is 0. The van der Waals surface area contributed by atoms with Gasteiger partial charge in [-0.15, -0.1) is 0 Å². The van der Waals surface area contributed by atoms with Crippen molar-refractivity contribution >= 4 is 15.9 Å². The smallest absolute Gasteiger partial charge is 0.160 e. The molecule has 1 unspecified atom stereocenters. The third-order valence-electron chi connectivity index (χ3n) is 3.19. The molecule has 1 heterocycles. The third kappa shape index (κ3) is 2.96. The molecule has 1 aromatic heterocycles. The fourth-order valence-corrected chi connectivity index (χ4v) is 2.84. The molecule has 0 aliphatic rings. The molecule has 5 nitrogen and oxygen atoms in total. The number of benzene rings is 1. The van der Waals surface area contributed by atoms with Gasteiger partial charge in [0.2, 0.25) is 0 Å². The van der Waals surface area contributed by atoms with E-state index in [9.17, 15) is 0 Å². The largest absolute Gasteiger partial charge is 0.493 e. The molecular formula is C14H18BrN3O2. The number of rotatable bonds is 5. The predicted octanol–water partition coefficient (Wildman–Crippen LogP) is 2.44. The first kappa shape index (κ1) is 14.9. The van der Waals surface area contributed by atoms with Crippen molar-refractivity contribution in [3.05, 3.63) is 40.1 Å². The van der Waals surface area contributed by atoms with Gasteiger partial charge in [0.15, 0.2) is 11.5 Å². The highest BCUT2D eigenvalue weighted by Gasteiger charge is 2.16. The van der Waals surface area contributed by atoms with E-state index < -0.39 is 0 Å². The van der Waals surface area contributed by atoms with Crippen LogP contribution in [-0.2, 0) is 13.5 Å². The van der Waals surface area contributed by atoms with Crippen LogP contribution < -0.4 is 15.2 Å². The molecule has 6 heteroatoms. The SMILES string of the molecule is COc1ccc(CC(N)c2c(Br)cnn2C)cc1OC. The molecule has 0 radical (unpaired) electrons. The summed E-state index contributed by atoms with van der Waals surface area (Å²) in [6, 6.07) is 5.68. The molecule has 1 aromatic carbocycles. The lowest BCUT2D eigenvalue weighted by Gasteiger charge is -2.15. The van der Waals surface area contributed by atoms with E-state index in [1.54, 1.807) is 25.1 Å². The summed E-state index contributed by atoms with van der Waals surface area (Å²) < 4.78 is 13.2. The Morgan fingerprint density at radius 3 is 2.55 bits per heavy atom. The van der Waals surface area contributed by atoms with Gasteiger partial charge >= 0.3 is 0 Å². The second kappa shape index (κ2) is 6.28. The summed E-state index contributed by atoms with van der Waals surface area (Å²) in [7, 11) is 5.13. The van der Waals surface area contributed by atoms with Crippen LogP contribution >= 0.6 is 15.9 Å². The average molecular weight is 340 g/mol. The normalized spacial score (nSPS) is 12.2. The van der Waals surface area contributed by atoms with Crippen molar-refractivity contribution in [2.24, 2.45) is 12.8 Å². The van der Waals surface area contributed by atoms with Gasteiger partial charge in [-0.2, -0.15) is 5.10 Å². The van der Waals surface area contributed by atoms with Gasteiger partial charge in [-0.25, -0.2) is 0 Å². The number of nitrogens with zero attached hydrogens (tertiary/aromatic N) is 2. The van der Waals surface area contributed by atoms with Gasteiger partial charge in [-0.05, 0) is 40.0 Å². The fourth-order valence-electron chi connectivity index (χ4n) is 2.20. The van der Waals surface area contributed by atoms with Crippen LogP contribution in [0.4, 0.5) is 0 Å². The summed E-state index contributed by atoms with van der Waals surface area (Å²) in [5.41, 5.74) is 8.33. The maximum Gasteiger partial charge on any atom is 0.160 e. The van der Waals surface area contributed by atoms with Gasteiger partial charge in [-0.3, -0.25) is 4.68 Å². The van der Waals surface area contributed by atoms with Crippen LogP contribution in [0.2, 0.25) is 0 Å². The monoisotopic (exact) mass is 339 g/mol. The molecule has 0 spiro atoms. The first-order valence-corrected chi connectivity index (χ1v) is 7.00. The number of aryl methyl sites for hydroxylation is 1. The van der Waals surface area contributed by atoms with Crippen molar-refractivity contribution < 1.29 is 9.47 Å². The lowest BCUT2D eigenvalue weighted by molar-refractivity contribution is 0.354. The summed E-state index contributed by atoms with van der Waals surface area (Å²) >= 11 is 3.47. The zero-order chi connectivity index (χ0) is 14.7. The minimum atomic E-state index is -0.144. The standard InChI is InChI=1S/C14H18BrN3O2/c1-18-14(10(15)8-17-18)11(16)6-9-4-5-12(19-2)13(7-9)20-3/h4-5,7-8,11H,6,16H2,1-3H3. The Hall–Kier alpha value is -1.53. The first-order valence-electron chi connectivity index (χ1n) is 6.20. The highest BCUT2D eigenvalue weighted by Crippen LogP contribution is 2.30. The summed E-state index contributed by atoms with van der Waals surface area (Å²) in [6.07, 6.45) is 2.45. The Morgan fingerprint density at radius 2 is 2.00 bits per heavy atom. The molecule has 0 bridgehead atoms. The Bertz CT molecular complexity index is 579. The molecule has 0 aliphatic carbocycles. The second-order valence-corrected chi connectivity index (χ2v) is 5.36. The Labute approximate surface area is 126 Å². The van der Waals surface area contributed by atoms with Gasteiger partial charge in [0.05, 0.1) is 36.6 Å². The van der Waals surface area contributed by atoms with E-state index in [0.717, 1.165) is 15.7 Å². The number of halogens is 1. The molecule has 0 saturated carbocycles.